The van der Waals surface area contributed by atoms with Gasteiger partial charge in [0.25, 0.3) is 0 Å². The van der Waals surface area contributed by atoms with Crippen molar-refractivity contribution in [3.63, 3.8) is 0 Å². The lowest BCUT2D eigenvalue weighted by Crippen LogP contribution is -2.34. The SMILES string of the molecule is N=C(N)NCCC(=O)NCCc1cnc[nH]1. The number of rotatable bonds is 6. The first-order chi connectivity index (χ1) is 7.68. The molecule has 0 bridgehead atoms. The molecule has 0 unspecified atom stereocenters. The Labute approximate surface area is 93.3 Å². The third-order valence-electron chi connectivity index (χ3n) is 1.94. The molecule has 7 nitrogen and oxygen atoms in total. The number of nitrogens with zero attached hydrogens (tertiary/aromatic N) is 1. The molecule has 0 aromatic carbocycles. The zero-order chi connectivity index (χ0) is 11.8. The second kappa shape index (κ2) is 6.44. The molecule has 0 aliphatic rings. The van der Waals surface area contributed by atoms with E-state index in [-0.39, 0.29) is 11.9 Å². The van der Waals surface area contributed by atoms with Gasteiger partial charge in [0, 0.05) is 37.8 Å². The highest BCUT2D eigenvalue weighted by atomic mass is 16.1. The predicted molar refractivity (Wildman–Crippen MR) is 59.8 cm³/mol. The third kappa shape index (κ3) is 4.99. The van der Waals surface area contributed by atoms with Gasteiger partial charge < -0.3 is 21.4 Å². The number of imidazole rings is 1. The Morgan fingerprint density at radius 3 is 2.94 bits per heavy atom. The van der Waals surface area contributed by atoms with Gasteiger partial charge in [-0.15, -0.1) is 0 Å². The van der Waals surface area contributed by atoms with Crippen molar-refractivity contribution in [2.75, 3.05) is 13.1 Å². The second-order valence-corrected chi connectivity index (χ2v) is 3.27. The average molecular weight is 224 g/mol. The molecule has 1 amide bonds. The number of amides is 1. The number of nitrogens with one attached hydrogen (secondary N) is 4. The molecular weight excluding hydrogens is 208 g/mol. The molecule has 1 aromatic rings. The molecular formula is C9H16N6O. The minimum absolute atomic E-state index is 0.0618. The summed E-state index contributed by atoms with van der Waals surface area (Å²) in [4.78, 5) is 18.1. The van der Waals surface area contributed by atoms with Gasteiger partial charge in [0.1, 0.15) is 0 Å². The third-order valence-corrected chi connectivity index (χ3v) is 1.94. The standard InChI is InChI=1S/C9H16N6O/c10-9(11)14-4-2-8(16)13-3-1-7-5-12-6-15-7/h5-6H,1-4H2,(H,12,15)(H,13,16)(H4,10,11,14). The summed E-state index contributed by atoms with van der Waals surface area (Å²) in [5.41, 5.74) is 6.06. The lowest BCUT2D eigenvalue weighted by Gasteiger charge is -2.05. The first kappa shape index (κ1) is 12.0. The van der Waals surface area contributed by atoms with Gasteiger partial charge in [0.15, 0.2) is 5.96 Å². The minimum Gasteiger partial charge on any atom is -0.370 e. The van der Waals surface area contributed by atoms with Crippen molar-refractivity contribution in [3.05, 3.63) is 18.2 Å². The molecule has 0 aliphatic carbocycles. The molecule has 1 rings (SSSR count). The maximum absolute atomic E-state index is 11.3. The van der Waals surface area contributed by atoms with Crippen LogP contribution < -0.4 is 16.4 Å². The Hall–Kier alpha value is -2.05. The van der Waals surface area contributed by atoms with E-state index in [1.54, 1.807) is 12.5 Å². The number of hydrogen-bond acceptors (Lipinski definition) is 3. The molecule has 16 heavy (non-hydrogen) atoms. The van der Waals surface area contributed by atoms with E-state index in [4.69, 9.17) is 11.1 Å². The zero-order valence-corrected chi connectivity index (χ0v) is 8.92. The van der Waals surface area contributed by atoms with Crippen LogP contribution in [0.1, 0.15) is 12.1 Å². The average Bonchev–Trinajstić information content (AvgIpc) is 2.70. The first-order valence-corrected chi connectivity index (χ1v) is 5.00. The van der Waals surface area contributed by atoms with Crippen molar-refractivity contribution in [2.45, 2.75) is 12.8 Å². The number of aromatic nitrogens is 2. The molecule has 0 saturated heterocycles. The highest BCUT2D eigenvalue weighted by Gasteiger charge is 2.00. The van der Waals surface area contributed by atoms with Crippen LogP contribution in [0.4, 0.5) is 0 Å². The van der Waals surface area contributed by atoms with Crippen molar-refractivity contribution in [3.8, 4) is 0 Å². The molecule has 0 aliphatic heterocycles. The van der Waals surface area contributed by atoms with Gasteiger partial charge in [-0.3, -0.25) is 10.2 Å². The summed E-state index contributed by atoms with van der Waals surface area (Å²) in [7, 11) is 0. The van der Waals surface area contributed by atoms with Crippen LogP contribution >= 0.6 is 0 Å². The van der Waals surface area contributed by atoms with Gasteiger partial charge in [0.2, 0.25) is 5.91 Å². The lowest BCUT2D eigenvalue weighted by atomic mass is 10.3. The Balaban J connectivity index is 2.04. The summed E-state index contributed by atoms with van der Waals surface area (Å²) >= 11 is 0. The Morgan fingerprint density at radius 1 is 1.50 bits per heavy atom. The monoisotopic (exact) mass is 224 g/mol. The molecule has 1 aromatic heterocycles. The maximum Gasteiger partial charge on any atom is 0.221 e. The van der Waals surface area contributed by atoms with Crippen LogP contribution in [0.3, 0.4) is 0 Å². The number of carbonyl (C=O) groups is 1. The van der Waals surface area contributed by atoms with Crippen molar-refractivity contribution in [2.24, 2.45) is 5.73 Å². The van der Waals surface area contributed by atoms with E-state index in [0.717, 1.165) is 12.1 Å². The quantitative estimate of drug-likeness (QED) is 0.312. The Kier molecular flexibility index (Phi) is 4.84. The van der Waals surface area contributed by atoms with Gasteiger partial charge in [-0.2, -0.15) is 0 Å². The summed E-state index contributed by atoms with van der Waals surface area (Å²) in [5.74, 6) is -0.182. The molecule has 0 atom stereocenters. The molecule has 0 fully saturated rings. The summed E-state index contributed by atoms with van der Waals surface area (Å²) < 4.78 is 0. The van der Waals surface area contributed by atoms with E-state index in [9.17, 15) is 4.79 Å². The highest BCUT2D eigenvalue weighted by molar-refractivity contribution is 5.78. The van der Waals surface area contributed by atoms with Gasteiger partial charge in [-0.05, 0) is 0 Å². The normalized spacial score (nSPS) is 9.75. The van der Waals surface area contributed by atoms with Crippen molar-refractivity contribution in [1.82, 2.24) is 20.6 Å². The van der Waals surface area contributed by atoms with E-state index in [1.807, 2.05) is 0 Å². The number of hydrogen-bond donors (Lipinski definition) is 5. The fraction of sp³-hybridized carbons (Fsp3) is 0.444. The van der Waals surface area contributed by atoms with Gasteiger partial charge in [-0.1, -0.05) is 0 Å². The molecule has 7 heteroatoms. The molecule has 0 spiro atoms. The van der Waals surface area contributed by atoms with Crippen LogP contribution in [0.15, 0.2) is 12.5 Å². The maximum atomic E-state index is 11.3. The van der Waals surface area contributed by atoms with Crippen molar-refractivity contribution >= 4 is 11.9 Å². The fourth-order valence-corrected chi connectivity index (χ4v) is 1.16. The highest BCUT2D eigenvalue weighted by Crippen LogP contribution is 1.90. The number of H-pyrrole nitrogens is 1. The van der Waals surface area contributed by atoms with Crippen LogP contribution in [0.2, 0.25) is 0 Å². The van der Waals surface area contributed by atoms with Crippen LogP contribution in [-0.2, 0) is 11.2 Å². The number of nitrogens with two attached hydrogens (primary N) is 1. The lowest BCUT2D eigenvalue weighted by molar-refractivity contribution is -0.120. The van der Waals surface area contributed by atoms with E-state index in [0.29, 0.717) is 19.5 Å². The van der Waals surface area contributed by atoms with Gasteiger partial charge in [-0.25, -0.2) is 4.98 Å². The number of guanidine groups is 1. The molecule has 6 N–H and O–H groups in total. The van der Waals surface area contributed by atoms with E-state index in [1.165, 1.54) is 0 Å². The van der Waals surface area contributed by atoms with E-state index in [2.05, 4.69) is 20.6 Å². The summed E-state index contributed by atoms with van der Waals surface area (Å²) in [6.07, 6.45) is 4.37. The molecule has 88 valence electrons. The van der Waals surface area contributed by atoms with Crippen LogP contribution in [0.5, 0.6) is 0 Å². The molecule has 0 saturated carbocycles. The zero-order valence-electron chi connectivity index (χ0n) is 8.92. The molecule has 0 radical (unpaired) electrons. The number of carbonyl (C=O) groups excluding carboxylic acids is 1. The topological polar surface area (TPSA) is 120 Å². The fourth-order valence-electron chi connectivity index (χ4n) is 1.16. The van der Waals surface area contributed by atoms with Gasteiger partial charge in [0.05, 0.1) is 6.33 Å². The number of aromatic amines is 1. The van der Waals surface area contributed by atoms with Gasteiger partial charge >= 0.3 is 0 Å². The second-order valence-electron chi connectivity index (χ2n) is 3.27. The first-order valence-electron chi connectivity index (χ1n) is 5.00. The van der Waals surface area contributed by atoms with Crippen LogP contribution in [-0.4, -0.2) is 34.9 Å². The van der Waals surface area contributed by atoms with Crippen molar-refractivity contribution in [1.29, 1.82) is 5.41 Å². The minimum atomic E-state index is -0.120. The molecule has 1 heterocycles. The van der Waals surface area contributed by atoms with Crippen molar-refractivity contribution < 1.29 is 4.79 Å². The van der Waals surface area contributed by atoms with Crippen LogP contribution in [0.25, 0.3) is 0 Å². The summed E-state index contributed by atoms with van der Waals surface area (Å²) in [6.45, 7) is 0.951. The predicted octanol–water partition coefficient (Wildman–Crippen LogP) is -1.06. The van der Waals surface area contributed by atoms with E-state index >= 15 is 0 Å². The largest absolute Gasteiger partial charge is 0.370 e. The Bertz CT molecular complexity index is 334. The van der Waals surface area contributed by atoms with E-state index < -0.39 is 0 Å². The summed E-state index contributed by atoms with van der Waals surface area (Å²) in [5, 5.41) is 12.2. The smallest absolute Gasteiger partial charge is 0.221 e. The summed E-state index contributed by atoms with van der Waals surface area (Å²) in [6, 6.07) is 0. The Morgan fingerprint density at radius 2 is 2.31 bits per heavy atom. The van der Waals surface area contributed by atoms with Crippen LogP contribution in [0, 0.1) is 5.41 Å².